The summed E-state index contributed by atoms with van der Waals surface area (Å²) < 4.78 is 101. The minimum atomic E-state index is -3.48. The van der Waals surface area contributed by atoms with Crippen LogP contribution in [0.4, 0.5) is 30.7 Å². The van der Waals surface area contributed by atoms with Crippen LogP contribution in [0.25, 0.3) is 22.2 Å². The number of aromatic amines is 1. The number of hydrogen-bond acceptors (Lipinski definition) is 5. The zero-order chi connectivity index (χ0) is 33.4. The second-order valence-corrected chi connectivity index (χ2v) is 11.5. The van der Waals surface area contributed by atoms with Gasteiger partial charge in [0.15, 0.2) is 0 Å². The van der Waals surface area contributed by atoms with Gasteiger partial charge in [0, 0.05) is 23.1 Å². The number of amides is 1. The smallest absolute Gasteiger partial charge is 0.338 e. The second-order valence-electron chi connectivity index (χ2n) is 11.5. The molecule has 9 nitrogen and oxygen atoms in total. The molecule has 0 bridgehead atoms. The number of rotatable bonds is 9. The fraction of sp³-hybridized carbons (Fsp3) is 0.258. The molecule has 1 fully saturated rings. The van der Waals surface area contributed by atoms with Gasteiger partial charge in [-0.2, -0.15) is 19.0 Å². The number of nitrogens with one attached hydrogen (secondary N) is 2. The van der Waals surface area contributed by atoms with E-state index in [1.807, 2.05) is 0 Å². The van der Waals surface area contributed by atoms with Gasteiger partial charge in [-0.15, -0.1) is 0 Å². The highest BCUT2D eigenvalue weighted by molar-refractivity contribution is 5.91. The highest BCUT2D eigenvalue weighted by atomic mass is 19.3. The Hall–Kier alpha value is -5.28. The first-order valence-electron chi connectivity index (χ1n) is 14.2. The van der Waals surface area contributed by atoms with Crippen molar-refractivity contribution in [2.45, 2.75) is 43.7 Å². The average Bonchev–Trinajstić information content (AvgIpc) is 3.41. The Balaban J connectivity index is 1.31. The highest BCUT2D eigenvalue weighted by Gasteiger charge is 2.67. The molecule has 47 heavy (non-hydrogen) atoms. The Morgan fingerprint density at radius 2 is 1.81 bits per heavy atom. The summed E-state index contributed by atoms with van der Waals surface area (Å²) in [5.74, 6) is -10.8. The summed E-state index contributed by atoms with van der Waals surface area (Å²) in [6, 6.07) is 6.07. The number of carbonyl (C=O) groups excluding carboxylic acids is 1. The SMILES string of the molecule is O=C(Cn1nc(C(F)F)c2c1C(F)(F)C1C[C@H]21)NC(Cc1cc(F)cc(F)c1)c1nc2cn[nH]c2cc1-c1ccc(F)c(C(=O)O)c1. The lowest BCUT2D eigenvalue weighted by Gasteiger charge is -2.23. The summed E-state index contributed by atoms with van der Waals surface area (Å²) in [4.78, 5) is 29.8. The maximum absolute atomic E-state index is 15.1. The third-order valence-electron chi connectivity index (χ3n) is 8.45. The number of carbonyl (C=O) groups is 2. The van der Waals surface area contributed by atoms with Gasteiger partial charge >= 0.3 is 5.97 Å². The van der Waals surface area contributed by atoms with Crippen LogP contribution in [0.5, 0.6) is 0 Å². The molecule has 2 aliphatic rings. The van der Waals surface area contributed by atoms with Crippen molar-refractivity contribution in [3.05, 3.63) is 99.9 Å². The molecule has 5 aromatic rings. The predicted octanol–water partition coefficient (Wildman–Crippen LogP) is 6.18. The normalized spacial score (nSPS) is 18.3. The van der Waals surface area contributed by atoms with Gasteiger partial charge in [0.2, 0.25) is 5.91 Å². The van der Waals surface area contributed by atoms with E-state index in [1.54, 1.807) is 0 Å². The first kappa shape index (κ1) is 30.4. The lowest BCUT2D eigenvalue weighted by molar-refractivity contribution is -0.123. The van der Waals surface area contributed by atoms with Gasteiger partial charge in [0.1, 0.15) is 40.9 Å². The molecule has 1 amide bonds. The van der Waals surface area contributed by atoms with Gasteiger partial charge in [0.25, 0.3) is 12.3 Å². The highest BCUT2D eigenvalue weighted by Crippen LogP contribution is 2.68. The summed E-state index contributed by atoms with van der Waals surface area (Å²) in [7, 11) is 0. The van der Waals surface area contributed by atoms with Crippen molar-refractivity contribution in [2.75, 3.05) is 0 Å². The van der Waals surface area contributed by atoms with Crippen LogP contribution in [0.15, 0.2) is 48.7 Å². The number of H-pyrrole nitrogens is 1. The number of aromatic carboxylic acids is 1. The van der Waals surface area contributed by atoms with E-state index in [9.17, 15) is 36.6 Å². The van der Waals surface area contributed by atoms with Gasteiger partial charge < -0.3 is 10.4 Å². The van der Waals surface area contributed by atoms with Crippen molar-refractivity contribution in [2.24, 2.45) is 5.92 Å². The fourth-order valence-electron chi connectivity index (χ4n) is 6.38. The molecular formula is C31H21F7N6O3. The monoisotopic (exact) mass is 658 g/mol. The van der Waals surface area contributed by atoms with Crippen LogP contribution in [-0.4, -0.2) is 41.9 Å². The molecule has 2 aromatic carbocycles. The number of pyridine rings is 1. The number of hydrogen-bond donors (Lipinski definition) is 3. The van der Waals surface area contributed by atoms with Gasteiger partial charge in [0.05, 0.1) is 29.0 Å². The van der Waals surface area contributed by atoms with Crippen LogP contribution >= 0.6 is 0 Å². The van der Waals surface area contributed by atoms with Gasteiger partial charge in [-0.3, -0.25) is 14.6 Å². The summed E-state index contributed by atoms with van der Waals surface area (Å²) in [6.45, 7) is -0.902. The second kappa shape index (κ2) is 10.9. The molecule has 0 radical (unpaired) electrons. The van der Waals surface area contributed by atoms with Crippen LogP contribution in [0.1, 0.15) is 63.4 Å². The molecule has 1 saturated carbocycles. The largest absolute Gasteiger partial charge is 0.478 e. The van der Waals surface area contributed by atoms with Crippen molar-refractivity contribution in [1.82, 2.24) is 30.3 Å². The van der Waals surface area contributed by atoms with Crippen molar-refractivity contribution < 1.29 is 45.4 Å². The third-order valence-corrected chi connectivity index (χ3v) is 8.45. The average molecular weight is 659 g/mol. The molecule has 3 N–H and O–H groups in total. The third kappa shape index (κ3) is 5.26. The summed E-state index contributed by atoms with van der Waals surface area (Å²) in [5.41, 5.74) is -1.50. The van der Waals surface area contributed by atoms with E-state index in [-0.39, 0.29) is 46.3 Å². The molecule has 7 rings (SSSR count). The van der Waals surface area contributed by atoms with Gasteiger partial charge in [-0.25, -0.2) is 31.7 Å². The van der Waals surface area contributed by atoms with E-state index in [0.29, 0.717) is 16.3 Å². The van der Waals surface area contributed by atoms with Gasteiger partial charge in [-0.1, -0.05) is 6.07 Å². The topological polar surface area (TPSA) is 126 Å². The van der Waals surface area contributed by atoms with Crippen LogP contribution < -0.4 is 5.32 Å². The van der Waals surface area contributed by atoms with Crippen molar-refractivity contribution >= 4 is 22.9 Å². The summed E-state index contributed by atoms with van der Waals surface area (Å²) in [5, 5.41) is 22.4. The zero-order valence-corrected chi connectivity index (χ0v) is 23.7. The first-order chi connectivity index (χ1) is 22.3. The lowest BCUT2D eigenvalue weighted by Crippen LogP contribution is -2.35. The first-order valence-corrected chi connectivity index (χ1v) is 14.2. The van der Waals surface area contributed by atoms with E-state index in [4.69, 9.17) is 0 Å². The molecule has 3 heterocycles. The number of fused-ring (bicyclic) bond motifs is 4. The number of carboxylic acids is 1. The maximum atomic E-state index is 15.1. The van der Waals surface area contributed by atoms with Crippen molar-refractivity contribution in [3.8, 4) is 11.1 Å². The minimum absolute atomic E-state index is 0.0189. The minimum Gasteiger partial charge on any atom is -0.478 e. The Bertz CT molecular complexity index is 2080. The van der Waals surface area contributed by atoms with E-state index in [2.05, 4.69) is 25.6 Å². The predicted molar refractivity (Wildman–Crippen MR) is 149 cm³/mol. The standard InChI is InChI=1S/C31H21F7N6O3/c32-14-3-12(4-15(33)7-14)5-22(40-24(45)11-44-28-25(27(43-44)29(35)36)17-8-19(17)31(28,37)38)26-16(9-21-23(41-26)10-39-42-21)13-1-2-20(34)18(6-13)30(46)47/h1-4,6-7,9-10,17,19,22,29H,5,8,11H2,(H,39,42)(H,40,45)(H,46,47)/t17-,19?,22?/m0/s1. The van der Waals surface area contributed by atoms with Crippen LogP contribution in [0.2, 0.25) is 0 Å². The summed E-state index contributed by atoms with van der Waals surface area (Å²) >= 11 is 0. The number of halogens is 7. The molecule has 3 aromatic heterocycles. The molecular weight excluding hydrogens is 637 g/mol. The molecule has 2 aliphatic carbocycles. The van der Waals surface area contributed by atoms with E-state index in [0.717, 1.165) is 24.3 Å². The Morgan fingerprint density at radius 1 is 1.06 bits per heavy atom. The maximum Gasteiger partial charge on any atom is 0.338 e. The van der Waals surface area contributed by atoms with Crippen LogP contribution in [0, 0.1) is 23.4 Å². The quantitative estimate of drug-likeness (QED) is 0.163. The van der Waals surface area contributed by atoms with Crippen LogP contribution in [0.3, 0.4) is 0 Å². The number of aromatic nitrogens is 5. The van der Waals surface area contributed by atoms with Crippen LogP contribution in [-0.2, 0) is 23.7 Å². The van der Waals surface area contributed by atoms with Gasteiger partial charge in [-0.05, 0) is 60.2 Å². The number of benzene rings is 2. The summed E-state index contributed by atoms with van der Waals surface area (Å²) in [6.07, 6.45) is -2.11. The van der Waals surface area contributed by atoms with E-state index >= 15 is 8.78 Å². The molecule has 0 saturated heterocycles. The van der Waals surface area contributed by atoms with Crippen molar-refractivity contribution in [1.29, 1.82) is 0 Å². The fourth-order valence-corrected chi connectivity index (χ4v) is 6.38. The molecule has 16 heteroatoms. The Morgan fingerprint density at radius 3 is 2.51 bits per heavy atom. The lowest BCUT2D eigenvalue weighted by atomic mass is 9.94. The Labute approximate surface area is 259 Å². The van der Waals surface area contributed by atoms with Crippen molar-refractivity contribution in [3.63, 3.8) is 0 Å². The molecule has 0 spiro atoms. The number of alkyl halides is 4. The van der Waals surface area contributed by atoms with E-state index < -0.39 is 83.0 Å². The molecule has 2 unspecified atom stereocenters. The Kier molecular flexibility index (Phi) is 7.05. The van der Waals surface area contributed by atoms with E-state index in [1.165, 1.54) is 18.3 Å². The molecule has 3 atom stereocenters. The number of nitrogens with zero attached hydrogens (tertiary/aromatic N) is 4. The molecule has 242 valence electrons. The zero-order valence-electron chi connectivity index (χ0n) is 23.7. The number of carboxylic acid groups (broad SMARTS) is 1. The molecule has 0 aliphatic heterocycles.